The zero-order valence-electron chi connectivity index (χ0n) is 14.7. The van der Waals surface area contributed by atoms with Crippen molar-refractivity contribution in [1.29, 1.82) is 0 Å². The molecule has 1 aromatic carbocycles. The number of aryl methyl sites for hydroxylation is 1. The topological polar surface area (TPSA) is 80.5 Å². The third kappa shape index (κ3) is 4.79. The summed E-state index contributed by atoms with van der Waals surface area (Å²) in [6.45, 7) is 4.38. The molecule has 0 bridgehead atoms. The van der Waals surface area contributed by atoms with Crippen molar-refractivity contribution in [2.75, 3.05) is 26.7 Å². The lowest BCUT2D eigenvalue weighted by atomic mass is 9.97. The molecule has 1 aromatic heterocycles. The molecule has 1 atom stereocenters. The second-order valence-corrected chi connectivity index (χ2v) is 6.37. The van der Waals surface area contributed by atoms with E-state index in [1.165, 1.54) is 0 Å². The van der Waals surface area contributed by atoms with E-state index in [1.807, 2.05) is 24.3 Å². The van der Waals surface area contributed by atoms with Crippen molar-refractivity contribution in [1.82, 2.24) is 20.4 Å². The monoisotopic (exact) mass is 344 g/mol. The van der Waals surface area contributed by atoms with E-state index in [0.29, 0.717) is 19.0 Å². The maximum Gasteiger partial charge on any atom is 0.234 e. The van der Waals surface area contributed by atoms with Crippen LogP contribution in [-0.2, 0) is 11.3 Å². The molecule has 1 fully saturated rings. The van der Waals surface area contributed by atoms with Crippen LogP contribution in [-0.4, -0.2) is 47.7 Å². The average molecular weight is 344 g/mol. The van der Waals surface area contributed by atoms with Crippen molar-refractivity contribution < 1.29 is 14.1 Å². The molecular weight excluding hydrogens is 320 g/mol. The molecule has 1 saturated heterocycles. The van der Waals surface area contributed by atoms with E-state index >= 15 is 0 Å². The minimum Gasteiger partial charge on any atom is -0.497 e. The van der Waals surface area contributed by atoms with Crippen LogP contribution in [0.1, 0.15) is 36.0 Å². The number of benzene rings is 1. The first kappa shape index (κ1) is 17.4. The quantitative estimate of drug-likeness (QED) is 0.862. The van der Waals surface area contributed by atoms with E-state index in [4.69, 9.17) is 9.26 Å². The van der Waals surface area contributed by atoms with Gasteiger partial charge in [0.05, 0.1) is 13.7 Å². The molecule has 7 heteroatoms. The normalized spacial score (nSPS) is 18.1. The second-order valence-electron chi connectivity index (χ2n) is 6.37. The fourth-order valence-corrected chi connectivity index (χ4v) is 3.13. The van der Waals surface area contributed by atoms with Crippen molar-refractivity contribution in [2.24, 2.45) is 0 Å². The van der Waals surface area contributed by atoms with Gasteiger partial charge in [0.1, 0.15) is 5.75 Å². The highest BCUT2D eigenvalue weighted by Crippen LogP contribution is 2.24. The Kier molecular flexibility index (Phi) is 5.65. The molecule has 1 aliphatic rings. The van der Waals surface area contributed by atoms with E-state index in [1.54, 1.807) is 14.0 Å². The number of carbonyl (C=O) groups is 1. The van der Waals surface area contributed by atoms with E-state index in [2.05, 4.69) is 20.4 Å². The minimum absolute atomic E-state index is 0.0211. The largest absolute Gasteiger partial charge is 0.497 e. The van der Waals surface area contributed by atoms with Gasteiger partial charge in [0.15, 0.2) is 5.82 Å². The van der Waals surface area contributed by atoms with Gasteiger partial charge in [-0.25, -0.2) is 0 Å². The Morgan fingerprint density at radius 2 is 2.36 bits per heavy atom. The third-order valence-corrected chi connectivity index (χ3v) is 4.40. The molecule has 3 rings (SSSR count). The summed E-state index contributed by atoms with van der Waals surface area (Å²) < 4.78 is 10.3. The van der Waals surface area contributed by atoms with Crippen LogP contribution < -0.4 is 10.1 Å². The lowest BCUT2D eigenvalue weighted by Gasteiger charge is -2.30. The van der Waals surface area contributed by atoms with Crippen LogP contribution in [0, 0.1) is 6.92 Å². The molecule has 0 unspecified atom stereocenters. The van der Waals surface area contributed by atoms with Crippen LogP contribution in [0.25, 0.3) is 0 Å². The van der Waals surface area contributed by atoms with Gasteiger partial charge in [-0.05, 0) is 37.1 Å². The highest BCUT2D eigenvalue weighted by atomic mass is 16.5. The Morgan fingerprint density at radius 1 is 1.48 bits per heavy atom. The van der Waals surface area contributed by atoms with Crippen LogP contribution in [0.3, 0.4) is 0 Å². The molecule has 2 aromatic rings. The number of nitrogens with one attached hydrogen (secondary N) is 1. The fraction of sp³-hybridized carbons (Fsp3) is 0.500. The number of rotatable bonds is 6. The number of hydrogen-bond donors (Lipinski definition) is 1. The first-order valence-electron chi connectivity index (χ1n) is 8.56. The van der Waals surface area contributed by atoms with Crippen LogP contribution in [0.4, 0.5) is 0 Å². The average Bonchev–Trinajstić information content (AvgIpc) is 3.07. The molecule has 7 nitrogen and oxygen atoms in total. The van der Waals surface area contributed by atoms with Crippen molar-refractivity contribution in [3.05, 3.63) is 41.5 Å². The molecule has 0 spiro atoms. The lowest BCUT2D eigenvalue weighted by Crippen LogP contribution is -2.42. The van der Waals surface area contributed by atoms with Gasteiger partial charge >= 0.3 is 0 Å². The van der Waals surface area contributed by atoms with Gasteiger partial charge in [-0.3, -0.25) is 9.69 Å². The number of carbonyl (C=O) groups excluding carboxylic acids is 1. The van der Waals surface area contributed by atoms with Gasteiger partial charge in [0.2, 0.25) is 11.8 Å². The number of methoxy groups -OCH3 is 1. The maximum atomic E-state index is 12.3. The Balaban J connectivity index is 1.48. The first-order chi connectivity index (χ1) is 12.1. The minimum atomic E-state index is 0.0211. The summed E-state index contributed by atoms with van der Waals surface area (Å²) in [7, 11) is 1.63. The molecule has 25 heavy (non-hydrogen) atoms. The summed E-state index contributed by atoms with van der Waals surface area (Å²) in [4.78, 5) is 18.7. The summed E-state index contributed by atoms with van der Waals surface area (Å²) >= 11 is 0. The Hall–Kier alpha value is -2.41. The van der Waals surface area contributed by atoms with Crippen molar-refractivity contribution in [2.45, 2.75) is 32.2 Å². The van der Waals surface area contributed by atoms with Crippen LogP contribution in [0.15, 0.2) is 28.8 Å². The molecule has 1 amide bonds. The zero-order chi connectivity index (χ0) is 17.6. The van der Waals surface area contributed by atoms with Crippen molar-refractivity contribution in [3.63, 3.8) is 0 Å². The van der Waals surface area contributed by atoms with E-state index in [0.717, 1.165) is 43.1 Å². The van der Waals surface area contributed by atoms with Crippen LogP contribution >= 0.6 is 0 Å². The highest BCUT2D eigenvalue weighted by Gasteiger charge is 2.26. The Bertz CT molecular complexity index is 716. The standard InChI is InChI=1S/C18H24N4O3/c1-13-20-18(21-25-13)15-6-4-8-22(11-15)12-17(23)19-10-14-5-3-7-16(9-14)24-2/h3,5,7,9,15H,4,6,8,10-12H2,1-2H3,(H,19,23)/t15-/m0/s1. The smallest absolute Gasteiger partial charge is 0.234 e. The number of nitrogens with zero attached hydrogens (tertiary/aromatic N) is 3. The second kappa shape index (κ2) is 8.11. The van der Waals surface area contributed by atoms with E-state index in [-0.39, 0.29) is 11.8 Å². The van der Waals surface area contributed by atoms with Gasteiger partial charge in [-0.15, -0.1) is 0 Å². The summed E-state index contributed by atoms with van der Waals surface area (Å²) in [6, 6.07) is 7.70. The Labute approximate surface area is 147 Å². The summed E-state index contributed by atoms with van der Waals surface area (Å²) in [6.07, 6.45) is 2.06. The van der Waals surface area contributed by atoms with E-state index in [9.17, 15) is 4.79 Å². The maximum absolute atomic E-state index is 12.3. The summed E-state index contributed by atoms with van der Waals surface area (Å²) in [5.74, 6) is 2.38. The van der Waals surface area contributed by atoms with E-state index < -0.39 is 0 Å². The molecule has 0 radical (unpaired) electrons. The first-order valence-corrected chi connectivity index (χ1v) is 8.56. The van der Waals surface area contributed by atoms with Crippen LogP contribution in [0.2, 0.25) is 0 Å². The number of piperidine rings is 1. The van der Waals surface area contributed by atoms with Crippen LogP contribution in [0.5, 0.6) is 5.75 Å². The molecule has 134 valence electrons. The SMILES string of the molecule is COc1cccc(CNC(=O)CN2CCC[C@H](c3noc(C)n3)C2)c1. The Morgan fingerprint density at radius 3 is 3.12 bits per heavy atom. The molecule has 0 saturated carbocycles. The number of amides is 1. The third-order valence-electron chi connectivity index (χ3n) is 4.40. The lowest BCUT2D eigenvalue weighted by molar-refractivity contribution is -0.122. The summed E-state index contributed by atoms with van der Waals surface area (Å²) in [5, 5.41) is 6.99. The number of hydrogen-bond acceptors (Lipinski definition) is 6. The number of ether oxygens (including phenoxy) is 1. The van der Waals surface area contributed by atoms with Gasteiger partial charge in [0.25, 0.3) is 0 Å². The van der Waals surface area contributed by atoms with Gasteiger partial charge < -0.3 is 14.6 Å². The summed E-state index contributed by atoms with van der Waals surface area (Å²) in [5.41, 5.74) is 1.02. The molecule has 0 aliphatic carbocycles. The number of aromatic nitrogens is 2. The van der Waals surface area contributed by atoms with Crippen molar-refractivity contribution >= 4 is 5.91 Å². The molecular formula is C18H24N4O3. The predicted octanol–water partition coefficient (Wildman–Crippen LogP) is 1.88. The highest BCUT2D eigenvalue weighted by molar-refractivity contribution is 5.78. The molecule has 2 heterocycles. The van der Waals surface area contributed by atoms with Crippen molar-refractivity contribution in [3.8, 4) is 5.75 Å². The molecule has 1 aliphatic heterocycles. The zero-order valence-corrected chi connectivity index (χ0v) is 14.7. The van der Waals surface area contributed by atoms with Gasteiger partial charge in [-0.1, -0.05) is 17.3 Å². The number of likely N-dealkylation sites (tertiary alicyclic amines) is 1. The van der Waals surface area contributed by atoms with Gasteiger partial charge in [-0.2, -0.15) is 4.98 Å². The predicted molar refractivity (Wildman–Crippen MR) is 92.3 cm³/mol. The van der Waals surface area contributed by atoms with Gasteiger partial charge in [0, 0.05) is 25.9 Å². The fourth-order valence-electron chi connectivity index (χ4n) is 3.13. The molecule has 1 N–H and O–H groups in total.